The number of carbonyl (C=O) groups excluding carboxylic acids is 2. The zero-order chi connectivity index (χ0) is 17.9. The van der Waals surface area contributed by atoms with Crippen LogP contribution >= 0.6 is 0 Å². The van der Waals surface area contributed by atoms with Gasteiger partial charge in [-0.15, -0.1) is 0 Å². The second kappa shape index (κ2) is 7.12. The van der Waals surface area contributed by atoms with E-state index in [-0.39, 0.29) is 23.5 Å². The Morgan fingerprint density at radius 2 is 1.83 bits per heavy atom. The molecule has 1 heterocycles. The third-order valence-corrected chi connectivity index (χ3v) is 3.65. The number of benzene rings is 1. The molecule has 0 saturated heterocycles. The van der Waals surface area contributed by atoms with Gasteiger partial charge in [-0.2, -0.15) is 0 Å². The smallest absolute Gasteiger partial charge is 0.343 e. The molecule has 24 heavy (non-hydrogen) atoms. The van der Waals surface area contributed by atoms with Gasteiger partial charge < -0.3 is 9.47 Å². The maximum absolute atomic E-state index is 12.8. The lowest BCUT2D eigenvalue weighted by Gasteiger charge is -2.17. The summed E-state index contributed by atoms with van der Waals surface area (Å²) in [5, 5.41) is 0. The summed E-state index contributed by atoms with van der Waals surface area (Å²) in [7, 11) is 1.49. The topological polar surface area (TPSA) is 74.6 Å². The van der Waals surface area contributed by atoms with Gasteiger partial charge >= 0.3 is 5.97 Å². The van der Waals surface area contributed by atoms with Crippen molar-refractivity contribution in [3.63, 3.8) is 0 Å². The Bertz CT molecular complexity index is 851. The highest BCUT2D eigenvalue weighted by Gasteiger charge is 2.22. The maximum atomic E-state index is 12.8. The number of ether oxygens (including phenoxy) is 2. The van der Waals surface area contributed by atoms with Gasteiger partial charge in [0.15, 0.2) is 5.78 Å². The minimum atomic E-state index is -0.756. The first kappa shape index (κ1) is 17.5. The van der Waals surface area contributed by atoms with Gasteiger partial charge in [0.2, 0.25) is 0 Å². The van der Waals surface area contributed by atoms with Gasteiger partial charge in [-0.25, -0.2) is 4.79 Å². The number of methoxy groups -OCH3 is 1. The van der Waals surface area contributed by atoms with E-state index < -0.39 is 11.5 Å². The Morgan fingerprint density at radius 1 is 1.17 bits per heavy atom. The van der Waals surface area contributed by atoms with Crippen LogP contribution in [0.15, 0.2) is 35.1 Å². The summed E-state index contributed by atoms with van der Waals surface area (Å²) >= 11 is 0. The van der Waals surface area contributed by atoms with Gasteiger partial charge in [0.25, 0.3) is 5.56 Å². The zero-order valence-electron chi connectivity index (χ0n) is 14.1. The molecule has 6 heteroatoms. The van der Waals surface area contributed by atoms with Crippen LogP contribution in [0.2, 0.25) is 0 Å². The predicted octanol–water partition coefficient (Wildman–Crippen LogP) is 2.53. The quantitative estimate of drug-likeness (QED) is 0.622. The highest BCUT2D eigenvalue weighted by atomic mass is 16.5. The Morgan fingerprint density at radius 3 is 2.42 bits per heavy atom. The molecular formula is C18H19NO5. The van der Waals surface area contributed by atoms with Crippen LogP contribution in [0.4, 0.5) is 0 Å². The van der Waals surface area contributed by atoms with E-state index in [0.717, 1.165) is 0 Å². The fourth-order valence-corrected chi connectivity index (χ4v) is 2.52. The fourth-order valence-electron chi connectivity index (χ4n) is 2.52. The number of hydrogen-bond donors (Lipinski definition) is 0. The van der Waals surface area contributed by atoms with Crippen LogP contribution in [-0.2, 0) is 4.74 Å². The van der Waals surface area contributed by atoms with Crippen LogP contribution in [0.1, 0.15) is 40.3 Å². The summed E-state index contributed by atoms with van der Waals surface area (Å²) in [6.07, 6.45) is 0. The summed E-state index contributed by atoms with van der Waals surface area (Å²) < 4.78 is 11.5. The number of esters is 1. The summed E-state index contributed by atoms with van der Waals surface area (Å²) in [5.74, 6) is -0.548. The molecule has 0 saturated carbocycles. The van der Waals surface area contributed by atoms with Gasteiger partial charge in [0, 0.05) is 11.3 Å². The Labute approximate surface area is 139 Å². The largest absolute Gasteiger partial charge is 0.495 e. The average molecular weight is 329 g/mol. The van der Waals surface area contributed by atoms with Crippen molar-refractivity contribution in [2.45, 2.75) is 20.8 Å². The maximum Gasteiger partial charge on any atom is 0.343 e. The van der Waals surface area contributed by atoms with E-state index in [4.69, 9.17) is 9.47 Å². The summed E-state index contributed by atoms with van der Waals surface area (Å²) in [6.45, 7) is 4.82. The Hall–Kier alpha value is -2.89. The molecule has 0 bridgehead atoms. The molecule has 0 radical (unpaired) electrons. The summed E-state index contributed by atoms with van der Waals surface area (Å²) in [4.78, 5) is 36.9. The van der Waals surface area contributed by atoms with Gasteiger partial charge in [0.1, 0.15) is 11.3 Å². The summed E-state index contributed by atoms with van der Waals surface area (Å²) in [5.41, 5.74) is 0.434. The van der Waals surface area contributed by atoms with Crippen molar-refractivity contribution in [3.8, 4) is 11.4 Å². The molecule has 0 spiro atoms. The molecule has 0 N–H and O–H groups in total. The van der Waals surface area contributed by atoms with Gasteiger partial charge in [-0.1, -0.05) is 12.1 Å². The zero-order valence-corrected chi connectivity index (χ0v) is 14.1. The lowest BCUT2D eigenvalue weighted by atomic mass is 10.1. The van der Waals surface area contributed by atoms with Crippen molar-refractivity contribution >= 4 is 11.8 Å². The van der Waals surface area contributed by atoms with Gasteiger partial charge in [0.05, 0.1) is 19.4 Å². The van der Waals surface area contributed by atoms with Crippen LogP contribution in [-0.4, -0.2) is 30.0 Å². The molecule has 0 atom stereocenters. The van der Waals surface area contributed by atoms with Gasteiger partial charge in [-0.05, 0) is 39.0 Å². The van der Waals surface area contributed by atoms with Crippen molar-refractivity contribution < 1.29 is 19.1 Å². The first-order valence-corrected chi connectivity index (χ1v) is 7.50. The first-order valence-electron chi connectivity index (χ1n) is 7.50. The molecule has 0 amide bonds. The van der Waals surface area contributed by atoms with E-state index in [1.807, 2.05) is 0 Å². The lowest BCUT2D eigenvalue weighted by molar-refractivity contribution is 0.0524. The summed E-state index contributed by atoms with van der Waals surface area (Å²) in [6, 6.07) is 8.19. The van der Waals surface area contributed by atoms with Crippen LogP contribution in [0.3, 0.4) is 0 Å². The molecule has 2 rings (SSSR count). The van der Waals surface area contributed by atoms with Crippen molar-refractivity contribution in [3.05, 3.63) is 57.5 Å². The molecule has 0 aliphatic heterocycles. The number of carbonyl (C=O) groups is 2. The molecule has 0 unspecified atom stereocenters. The number of pyridine rings is 1. The van der Waals surface area contributed by atoms with E-state index in [0.29, 0.717) is 17.1 Å². The second-order valence-corrected chi connectivity index (χ2v) is 5.15. The number of nitrogens with zero attached hydrogens (tertiary/aromatic N) is 1. The molecule has 0 fully saturated rings. The molecule has 1 aromatic carbocycles. The van der Waals surface area contributed by atoms with E-state index in [2.05, 4.69) is 0 Å². The fraction of sp³-hybridized carbons (Fsp3) is 0.278. The highest BCUT2D eigenvalue weighted by Crippen LogP contribution is 2.23. The molecular weight excluding hydrogens is 310 g/mol. The van der Waals surface area contributed by atoms with Gasteiger partial charge in [-0.3, -0.25) is 14.2 Å². The van der Waals surface area contributed by atoms with E-state index >= 15 is 0 Å². The first-order chi connectivity index (χ1) is 11.4. The van der Waals surface area contributed by atoms with E-state index in [1.165, 1.54) is 24.7 Å². The standard InChI is InChI=1S/C18H19NO5/c1-5-24-18(22)14-10-13(12(3)20)11(2)19(17(14)21)15-8-6-7-9-16(15)23-4/h6-10H,5H2,1-4H3. The number of para-hydroxylation sites is 2. The number of rotatable bonds is 5. The third-order valence-electron chi connectivity index (χ3n) is 3.65. The van der Waals surface area contributed by atoms with Crippen molar-refractivity contribution in [2.24, 2.45) is 0 Å². The minimum absolute atomic E-state index is 0.135. The number of aromatic nitrogens is 1. The normalized spacial score (nSPS) is 10.3. The number of Topliss-reactive ketones (excluding diaryl/α,β-unsaturated/α-hetero) is 1. The second-order valence-electron chi connectivity index (χ2n) is 5.15. The van der Waals surface area contributed by atoms with Crippen molar-refractivity contribution in [2.75, 3.05) is 13.7 Å². The van der Waals surface area contributed by atoms with Crippen molar-refractivity contribution in [1.29, 1.82) is 0 Å². The van der Waals surface area contributed by atoms with E-state index in [1.54, 1.807) is 38.1 Å². The van der Waals surface area contributed by atoms with Crippen LogP contribution < -0.4 is 10.3 Å². The van der Waals surface area contributed by atoms with E-state index in [9.17, 15) is 14.4 Å². The molecule has 2 aromatic rings. The van der Waals surface area contributed by atoms with Crippen molar-refractivity contribution in [1.82, 2.24) is 4.57 Å². The predicted molar refractivity (Wildman–Crippen MR) is 89.3 cm³/mol. The molecule has 1 aromatic heterocycles. The molecule has 0 aliphatic carbocycles. The third kappa shape index (κ3) is 3.08. The minimum Gasteiger partial charge on any atom is -0.495 e. The molecule has 6 nitrogen and oxygen atoms in total. The Kier molecular flexibility index (Phi) is 5.18. The molecule has 126 valence electrons. The Balaban J connectivity index is 2.86. The average Bonchev–Trinajstić information content (AvgIpc) is 2.55. The monoisotopic (exact) mass is 329 g/mol. The SMILES string of the molecule is CCOC(=O)c1cc(C(C)=O)c(C)n(-c2ccccc2OC)c1=O. The lowest BCUT2D eigenvalue weighted by Crippen LogP contribution is -2.30. The highest BCUT2D eigenvalue weighted by molar-refractivity contribution is 5.98. The number of hydrogen-bond acceptors (Lipinski definition) is 5. The molecule has 0 aliphatic rings. The van der Waals surface area contributed by atoms with Crippen LogP contribution in [0, 0.1) is 6.92 Å². The number of ketones is 1. The van der Waals surface area contributed by atoms with Crippen LogP contribution in [0.5, 0.6) is 5.75 Å². The van der Waals surface area contributed by atoms with Crippen LogP contribution in [0.25, 0.3) is 5.69 Å².